The molecule has 1 saturated carbocycles. The molecule has 0 radical (unpaired) electrons. The van der Waals surface area contributed by atoms with Crippen LogP contribution in [0.15, 0.2) is 55.1 Å². The van der Waals surface area contributed by atoms with Gasteiger partial charge in [-0.3, -0.25) is 0 Å². The van der Waals surface area contributed by atoms with E-state index in [2.05, 4.69) is 11.3 Å². The van der Waals surface area contributed by atoms with E-state index in [9.17, 15) is 22.0 Å². The van der Waals surface area contributed by atoms with Gasteiger partial charge in [0.05, 0.1) is 0 Å². The maximum absolute atomic E-state index is 15.2. The number of allylic oxidation sites excluding steroid dienone is 1. The first kappa shape index (κ1) is 25.1. The van der Waals surface area contributed by atoms with Crippen molar-refractivity contribution in [1.82, 2.24) is 0 Å². The number of ether oxygens (including phenoxy) is 1. The summed E-state index contributed by atoms with van der Waals surface area (Å²) in [4.78, 5) is 0. The fourth-order valence-electron chi connectivity index (χ4n) is 4.82. The van der Waals surface area contributed by atoms with Gasteiger partial charge >= 0.3 is 6.18 Å². The van der Waals surface area contributed by atoms with Crippen LogP contribution in [0.2, 0.25) is 0 Å². The second-order valence-electron chi connectivity index (χ2n) is 9.16. The first-order valence-electron chi connectivity index (χ1n) is 11.7. The number of aryl methyl sites for hydroxylation is 2. The van der Waals surface area contributed by atoms with E-state index >= 15 is 4.39 Å². The van der Waals surface area contributed by atoms with Gasteiger partial charge in [-0.2, -0.15) is 13.2 Å². The minimum atomic E-state index is -4.71. The molecule has 1 aliphatic carbocycles. The zero-order valence-electron chi connectivity index (χ0n) is 19.1. The highest BCUT2D eigenvalue weighted by atomic mass is 19.4. The Morgan fingerprint density at radius 2 is 1.57 bits per heavy atom. The summed E-state index contributed by atoms with van der Waals surface area (Å²) >= 11 is 0. The van der Waals surface area contributed by atoms with Crippen molar-refractivity contribution in [1.29, 1.82) is 0 Å². The molecule has 0 aliphatic heterocycles. The summed E-state index contributed by atoms with van der Waals surface area (Å²) in [5.74, 6) is -2.88. The fourth-order valence-corrected chi connectivity index (χ4v) is 4.82. The van der Waals surface area contributed by atoms with Gasteiger partial charge < -0.3 is 4.74 Å². The van der Waals surface area contributed by atoms with Gasteiger partial charge in [0.1, 0.15) is 5.82 Å². The lowest BCUT2D eigenvalue weighted by molar-refractivity contribution is -0.154. The Morgan fingerprint density at radius 3 is 2.20 bits per heavy atom. The highest BCUT2D eigenvalue weighted by molar-refractivity contribution is 5.84. The topological polar surface area (TPSA) is 9.23 Å². The summed E-state index contributed by atoms with van der Waals surface area (Å²) in [6, 6.07) is 11.1. The number of hydrogen-bond donors (Lipinski definition) is 0. The fraction of sp³-hybridized carbons (Fsp3) is 0.357. The van der Waals surface area contributed by atoms with Crippen molar-refractivity contribution in [2.24, 2.45) is 5.92 Å². The number of halogens is 6. The molecule has 186 valence electrons. The first-order valence-corrected chi connectivity index (χ1v) is 11.7. The molecule has 0 heterocycles. The van der Waals surface area contributed by atoms with Gasteiger partial charge in [-0.05, 0) is 84.6 Å². The van der Waals surface area contributed by atoms with Crippen LogP contribution in [0, 0.1) is 23.4 Å². The van der Waals surface area contributed by atoms with E-state index in [0.29, 0.717) is 22.8 Å². The van der Waals surface area contributed by atoms with E-state index in [1.54, 1.807) is 12.1 Å². The molecule has 0 aromatic heterocycles. The second kappa shape index (κ2) is 10.3. The standard InChI is InChI=1S/C28H26F6O/c1-2-17-3-6-19(7-4-17)21-11-12-23-22(15-21)10-9-20(26(23)31)8-5-18-13-24(29)27(25(30)14-18)35-16-28(32,33)34/h2,9-15,17,19H,1,3-8,16H2. The van der Waals surface area contributed by atoms with Gasteiger partial charge in [-0.1, -0.05) is 36.4 Å². The summed E-state index contributed by atoms with van der Waals surface area (Å²) in [6.07, 6.45) is 1.97. The lowest BCUT2D eigenvalue weighted by Gasteiger charge is -2.27. The van der Waals surface area contributed by atoms with Crippen molar-refractivity contribution in [3.63, 3.8) is 0 Å². The number of alkyl halides is 3. The lowest BCUT2D eigenvalue weighted by atomic mass is 9.78. The van der Waals surface area contributed by atoms with Gasteiger partial charge in [0.15, 0.2) is 24.0 Å². The molecule has 1 fully saturated rings. The Balaban J connectivity index is 1.46. The van der Waals surface area contributed by atoms with Crippen molar-refractivity contribution in [2.75, 3.05) is 6.61 Å². The van der Waals surface area contributed by atoms with E-state index < -0.39 is 30.2 Å². The van der Waals surface area contributed by atoms with E-state index in [1.165, 1.54) is 5.56 Å². The Labute approximate surface area is 200 Å². The molecule has 0 atom stereocenters. The molecule has 1 aliphatic rings. The molecular formula is C28H26F6O. The van der Waals surface area contributed by atoms with Crippen LogP contribution in [-0.2, 0) is 12.8 Å². The third kappa shape index (κ3) is 6.00. The first-order chi connectivity index (χ1) is 16.6. The van der Waals surface area contributed by atoms with Gasteiger partial charge in [0.2, 0.25) is 0 Å². The van der Waals surface area contributed by atoms with E-state index in [-0.39, 0.29) is 24.2 Å². The van der Waals surface area contributed by atoms with Crippen LogP contribution in [0.3, 0.4) is 0 Å². The molecule has 1 nitrogen and oxygen atoms in total. The van der Waals surface area contributed by atoms with Crippen LogP contribution in [0.1, 0.15) is 48.3 Å². The summed E-state index contributed by atoms with van der Waals surface area (Å²) in [7, 11) is 0. The Bertz CT molecular complexity index is 1190. The summed E-state index contributed by atoms with van der Waals surface area (Å²) < 4.78 is 84.5. The third-order valence-electron chi connectivity index (χ3n) is 6.76. The second-order valence-corrected chi connectivity index (χ2v) is 9.16. The van der Waals surface area contributed by atoms with Crippen LogP contribution >= 0.6 is 0 Å². The molecule has 0 unspecified atom stereocenters. The molecular weight excluding hydrogens is 466 g/mol. The highest BCUT2D eigenvalue weighted by Gasteiger charge is 2.30. The highest BCUT2D eigenvalue weighted by Crippen LogP contribution is 2.37. The van der Waals surface area contributed by atoms with Crippen molar-refractivity contribution < 1.29 is 31.1 Å². The Morgan fingerprint density at radius 1 is 0.886 bits per heavy atom. The van der Waals surface area contributed by atoms with Crippen molar-refractivity contribution in [3.05, 3.63) is 89.3 Å². The summed E-state index contributed by atoms with van der Waals surface area (Å²) in [6.45, 7) is 2.09. The molecule has 0 saturated heterocycles. The number of rotatable bonds is 7. The molecule has 3 aromatic carbocycles. The lowest BCUT2D eigenvalue weighted by Crippen LogP contribution is -2.20. The van der Waals surface area contributed by atoms with E-state index in [1.807, 2.05) is 24.3 Å². The smallest absolute Gasteiger partial charge is 0.422 e. The van der Waals surface area contributed by atoms with Crippen LogP contribution in [-0.4, -0.2) is 12.8 Å². The Hall–Kier alpha value is -2.96. The monoisotopic (exact) mass is 492 g/mol. The zero-order chi connectivity index (χ0) is 25.2. The average molecular weight is 493 g/mol. The molecule has 0 amide bonds. The molecule has 35 heavy (non-hydrogen) atoms. The minimum Gasteiger partial charge on any atom is -0.478 e. The SMILES string of the molecule is C=CC1CCC(c2ccc3c(F)c(CCc4cc(F)c(OCC(F)(F)F)c(F)c4)ccc3c2)CC1. The normalized spacial score (nSPS) is 18.6. The molecule has 4 rings (SSSR count). The maximum atomic E-state index is 15.2. The molecule has 0 spiro atoms. The average Bonchev–Trinajstić information content (AvgIpc) is 2.82. The van der Waals surface area contributed by atoms with Crippen molar-refractivity contribution in [2.45, 2.75) is 50.6 Å². The van der Waals surface area contributed by atoms with Crippen LogP contribution < -0.4 is 4.74 Å². The predicted molar refractivity (Wildman–Crippen MR) is 124 cm³/mol. The third-order valence-corrected chi connectivity index (χ3v) is 6.76. The van der Waals surface area contributed by atoms with Crippen LogP contribution in [0.25, 0.3) is 10.8 Å². The van der Waals surface area contributed by atoms with Crippen LogP contribution in [0.4, 0.5) is 26.3 Å². The quantitative estimate of drug-likeness (QED) is 0.238. The van der Waals surface area contributed by atoms with Gasteiger partial charge in [-0.25, -0.2) is 13.2 Å². The van der Waals surface area contributed by atoms with Crippen LogP contribution in [0.5, 0.6) is 5.75 Å². The number of fused-ring (bicyclic) bond motifs is 1. The molecule has 0 N–H and O–H groups in total. The largest absolute Gasteiger partial charge is 0.478 e. The van der Waals surface area contributed by atoms with Gasteiger partial charge in [-0.15, -0.1) is 6.58 Å². The number of benzene rings is 3. The van der Waals surface area contributed by atoms with E-state index in [4.69, 9.17) is 0 Å². The predicted octanol–water partition coefficient (Wildman–Crippen LogP) is 8.44. The zero-order valence-corrected chi connectivity index (χ0v) is 19.1. The molecule has 0 bridgehead atoms. The summed E-state index contributed by atoms with van der Waals surface area (Å²) in [5.41, 5.74) is 1.80. The van der Waals surface area contributed by atoms with Crippen molar-refractivity contribution >= 4 is 10.8 Å². The van der Waals surface area contributed by atoms with Gasteiger partial charge in [0.25, 0.3) is 0 Å². The minimum absolute atomic E-state index is 0.112. The van der Waals surface area contributed by atoms with Gasteiger partial charge in [0, 0.05) is 5.39 Å². The van der Waals surface area contributed by atoms with E-state index in [0.717, 1.165) is 43.2 Å². The van der Waals surface area contributed by atoms with Crippen molar-refractivity contribution in [3.8, 4) is 5.75 Å². The molecule has 7 heteroatoms. The summed E-state index contributed by atoms with van der Waals surface area (Å²) in [5, 5.41) is 1.29. The molecule has 3 aromatic rings. The number of hydrogen-bond acceptors (Lipinski definition) is 1. The Kier molecular flexibility index (Phi) is 7.43. The maximum Gasteiger partial charge on any atom is 0.422 e.